The number of nitrogens with one attached hydrogen (secondary N) is 2. The van der Waals surface area contributed by atoms with Crippen molar-refractivity contribution in [2.75, 3.05) is 18.5 Å². The average molecular weight is 315 g/mol. The monoisotopic (exact) mass is 315 g/mol. The van der Waals surface area contributed by atoms with E-state index >= 15 is 0 Å². The highest BCUT2D eigenvalue weighted by atomic mass is 16.5. The third-order valence-electron chi connectivity index (χ3n) is 4.34. The zero-order chi connectivity index (χ0) is 16.3. The van der Waals surface area contributed by atoms with Crippen molar-refractivity contribution < 1.29 is 14.4 Å². The van der Waals surface area contributed by atoms with Gasteiger partial charge < -0.3 is 14.9 Å². The molecular formula is C17H21N3O3. The first-order valence-corrected chi connectivity index (χ1v) is 7.80. The Bertz CT molecular complexity index is 698. The van der Waals surface area contributed by atoms with Gasteiger partial charge in [-0.1, -0.05) is 29.4 Å². The lowest BCUT2D eigenvalue weighted by Crippen LogP contribution is -2.50. The summed E-state index contributed by atoms with van der Waals surface area (Å²) in [6, 6.07) is 9.74. The van der Waals surface area contributed by atoms with E-state index in [4.69, 9.17) is 4.52 Å². The zero-order valence-corrected chi connectivity index (χ0v) is 13.1. The van der Waals surface area contributed by atoms with Crippen LogP contribution in [0.25, 0.3) is 0 Å². The van der Waals surface area contributed by atoms with E-state index in [1.807, 2.05) is 18.2 Å². The van der Waals surface area contributed by atoms with Gasteiger partial charge in [-0.2, -0.15) is 0 Å². The molecule has 0 bridgehead atoms. The molecule has 0 radical (unpaired) electrons. The highest BCUT2D eigenvalue weighted by Gasteiger charge is 2.35. The molecule has 1 aromatic carbocycles. The largest absolute Gasteiger partial charge is 0.394 e. The molecule has 23 heavy (non-hydrogen) atoms. The van der Waals surface area contributed by atoms with Crippen LogP contribution in [0.5, 0.6) is 0 Å². The second kappa shape index (κ2) is 6.52. The number of carbonyl (C=O) groups excluding carboxylic acids is 1. The minimum atomic E-state index is -0.564. The average Bonchev–Trinajstić information content (AvgIpc) is 2.97. The number of carbonyl (C=O) groups is 1. The first-order valence-electron chi connectivity index (χ1n) is 7.80. The molecule has 1 aliphatic rings. The Labute approximate surface area is 134 Å². The van der Waals surface area contributed by atoms with Crippen LogP contribution in [0.2, 0.25) is 0 Å². The molecule has 2 aromatic rings. The van der Waals surface area contributed by atoms with Crippen molar-refractivity contribution >= 4 is 11.7 Å². The molecule has 1 amide bonds. The van der Waals surface area contributed by atoms with E-state index in [1.165, 1.54) is 5.56 Å². The molecule has 0 unspecified atom stereocenters. The number of hydrogen-bond donors (Lipinski definition) is 3. The molecule has 1 aliphatic carbocycles. The number of benzene rings is 1. The highest BCUT2D eigenvalue weighted by molar-refractivity contribution is 5.91. The molecular weight excluding hydrogens is 294 g/mol. The Balaban J connectivity index is 1.69. The number of anilines is 1. The van der Waals surface area contributed by atoms with Crippen molar-refractivity contribution in [1.29, 1.82) is 0 Å². The van der Waals surface area contributed by atoms with E-state index in [0.29, 0.717) is 11.6 Å². The molecule has 6 nitrogen and oxygen atoms in total. The van der Waals surface area contributed by atoms with E-state index in [0.717, 1.165) is 24.8 Å². The van der Waals surface area contributed by atoms with Gasteiger partial charge in [0.25, 0.3) is 0 Å². The number of aliphatic hydroxyl groups is 1. The van der Waals surface area contributed by atoms with Gasteiger partial charge in [0.05, 0.1) is 18.7 Å². The summed E-state index contributed by atoms with van der Waals surface area (Å²) in [6.07, 6.45) is 2.79. The van der Waals surface area contributed by atoms with Gasteiger partial charge in [-0.25, -0.2) is 0 Å². The van der Waals surface area contributed by atoms with Crippen molar-refractivity contribution in [3.8, 4) is 0 Å². The Morgan fingerprint density at radius 1 is 1.43 bits per heavy atom. The summed E-state index contributed by atoms with van der Waals surface area (Å²) in [7, 11) is 0. The predicted molar refractivity (Wildman–Crippen MR) is 86.0 cm³/mol. The van der Waals surface area contributed by atoms with Crippen LogP contribution in [0.4, 0.5) is 5.82 Å². The minimum absolute atomic E-state index is 0.0413. The smallest absolute Gasteiger partial charge is 0.239 e. The lowest BCUT2D eigenvalue weighted by Gasteiger charge is -2.38. The molecule has 6 heteroatoms. The third kappa shape index (κ3) is 3.28. The van der Waals surface area contributed by atoms with Crippen LogP contribution in [-0.4, -0.2) is 29.3 Å². The topological polar surface area (TPSA) is 87.4 Å². The number of amides is 1. The summed E-state index contributed by atoms with van der Waals surface area (Å²) in [5, 5.41) is 19.6. The fraction of sp³-hybridized carbons (Fsp3) is 0.412. The van der Waals surface area contributed by atoms with Crippen LogP contribution < -0.4 is 10.6 Å². The molecule has 122 valence electrons. The van der Waals surface area contributed by atoms with Gasteiger partial charge >= 0.3 is 0 Å². The molecule has 1 atom stereocenters. The van der Waals surface area contributed by atoms with E-state index in [1.54, 1.807) is 13.0 Å². The van der Waals surface area contributed by atoms with Crippen molar-refractivity contribution in [2.24, 2.45) is 0 Å². The molecule has 0 aliphatic heterocycles. The Morgan fingerprint density at radius 2 is 2.26 bits per heavy atom. The SMILES string of the molecule is Cc1cc(NC(=O)CN[C@]2(CO)CCCc3ccccc32)no1. The number of nitrogens with zero attached hydrogens (tertiary/aromatic N) is 1. The first-order chi connectivity index (χ1) is 11.1. The maximum Gasteiger partial charge on any atom is 0.239 e. The lowest BCUT2D eigenvalue weighted by molar-refractivity contribution is -0.116. The first kappa shape index (κ1) is 15.7. The summed E-state index contributed by atoms with van der Waals surface area (Å²) in [5.41, 5.74) is 1.75. The van der Waals surface area contributed by atoms with Crippen molar-refractivity contribution in [3.63, 3.8) is 0 Å². The van der Waals surface area contributed by atoms with Crippen LogP contribution in [-0.2, 0) is 16.8 Å². The van der Waals surface area contributed by atoms with Gasteiger partial charge in [-0.3, -0.25) is 10.1 Å². The second-order valence-electron chi connectivity index (χ2n) is 5.98. The van der Waals surface area contributed by atoms with Gasteiger partial charge in [-0.05, 0) is 37.3 Å². The van der Waals surface area contributed by atoms with E-state index in [-0.39, 0.29) is 19.1 Å². The third-order valence-corrected chi connectivity index (χ3v) is 4.34. The number of hydrogen-bond acceptors (Lipinski definition) is 5. The van der Waals surface area contributed by atoms with Gasteiger partial charge in [0, 0.05) is 6.07 Å². The van der Waals surface area contributed by atoms with E-state index in [2.05, 4.69) is 21.9 Å². The summed E-state index contributed by atoms with van der Waals surface area (Å²) in [5.74, 6) is 0.826. The van der Waals surface area contributed by atoms with E-state index in [9.17, 15) is 9.90 Å². The minimum Gasteiger partial charge on any atom is -0.394 e. The van der Waals surface area contributed by atoms with Crippen molar-refractivity contribution in [1.82, 2.24) is 10.5 Å². The maximum atomic E-state index is 12.1. The molecule has 0 saturated heterocycles. The van der Waals surface area contributed by atoms with Crippen molar-refractivity contribution in [3.05, 3.63) is 47.2 Å². The summed E-state index contributed by atoms with van der Waals surface area (Å²) < 4.78 is 4.92. The maximum absolute atomic E-state index is 12.1. The Hall–Kier alpha value is -2.18. The van der Waals surface area contributed by atoms with Gasteiger partial charge in [0.15, 0.2) is 5.82 Å². The van der Waals surface area contributed by atoms with Gasteiger partial charge in [0.1, 0.15) is 5.76 Å². The van der Waals surface area contributed by atoms with Crippen LogP contribution in [0.15, 0.2) is 34.9 Å². The molecule has 0 fully saturated rings. The van der Waals surface area contributed by atoms with Crippen LogP contribution >= 0.6 is 0 Å². The zero-order valence-electron chi connectivity index (χ0n) is 13.1. The fourth-order valence-electron chi connectivity index (χ4n) is 3.19. The fourth-order valence-corrected chi connectivity index (χ4v) is 3.19. The number of fused-ring (bicyclic) bond motifs is 1. The Morgan fingerprint density at radius 3 is 3.00 bits per heavy atom. The molecule has 3 rings (SSSR count). The molecule has 1 aromatic heterocycles. The highest BCUT2D eigenvalue weighted by Crippen LogP contribution is 2.34. The van der Waals surface area contributed by atoms with E-state index < -0.39 is 5.54 Å². The molecule has 0 saturated carbocycles. The van der Waals surface area contributed by atoms with Gasteiger partial charge in [0.2, 0.25) is 5.91 Å². The standard InChI is InChI=1S/C17H21N3O3/c1-12-9-15(20-23-12)19-16(22)10-18-17(11-21)8-4-6-13-5-2-3-7-14(13)17/h2-3,5,7,9,18,21H,4,6,8,10-11H2,1H3,(H,19,20,22)/t17-/m0/s1. The Kier molecular flexibility index (Phi) is 4.45. The van der Waals surface area contributed by atoms with Crippen LogP contribution in [0.1, 0.15) is 29.7 Å². The van der Waals surface area contributed by atoms with Crippen LogP contribution in [0, 0.1) is 6.92 Å². The van der Waals surface area contributed by atoms with Crippen molar-refractivity contribution in [2.45, 2.75) is 31.7 Å². The second-order valence-corrected chi connectivity index (χ2v) is 5.98. The normalized spacial score (nSPS) is 20.1. The number of aromatic nitrogens is 1. The molecule has 0 spiro atoms. The predicted octanol–water partition coefficient (Wildman–Crippen LogP) is 1.74. The molecule has 3 N–H and O–H groups in total. The number of aliphatic hydroxyl groups excluding tert-OH is 1. The summed E-state index contributed by atoms with van der Waals surface area (Å²) >= 11 is 0. The number of rotatable bonds is 5. The van der Waals surface area contributed by atoms with Crippen LogP contribution in [0.3, 0.4) is 0 Å². The summed E-state index contributed by atoms with van der Waals surface area (Å²) in [6.45, 7) is 1.82. The quantitative estimate of drug-likeness (QED) is 0.782. The molecule has 1 heterocycles. The summed E-state index contributed by atoms with van der Waals surface area (Å²) in [4.78, 5) is 12.1. The van der Waals surface area contributed by atoms with Gasteiger partial charge in [-0.15, -0.1) is 0 Å². The lowest BCUT2D eigenvalue weighted by atomic mass is 9.77. The number of aryl methyl sites for hydroxylation is 2.